The Morgan fingerprint density at radius 1 is 0.871 bits per heavy atom. The fourth-order valence-electron chi connectivity index (χ4n) is 2.75. The van der Waals surface area contributed by atoms with Gasteiger partial charge >= 0.3 is 18.2 Å². The zero-order valence-corrected chi connectivity index (χ0v) is 18.1. The van der Waals surface area contributed by atoms with Crippen molar-refractivity contribution in [2.45, 2.75) is 45.1 Å². The number of ether oxygens (including phenoxy) is 3. The molecule has 0 aliphatic rings. The lowest BCUT2D eigenvalue weighted by Crippen LogP contribution is -2.52. The predicted octanol–water partition coefficient (Wildman–Crippen LogP) is 3.72. The highest BCUT2D eigenvalue weighted by atomic mass is 16.6. The Labute approximate surface area is 181 Å². The summed E-state index contributed by atoms with van der Waals surface area (Å²) in [7, 11) is 1.20. The van der Waals surface area contributed by atoms with Gasteiger partial charge < -0.3 is 24.8 Å². The smallest absolute Gasteiger partial charge is 0.408 e. The summed E-state index contributed by atoms with van der Waals surface area (Å²) in [6.07, 6.45) is -1.57. The van der Waals surface area contributed by atoms with Crippen molar-refractivity contribution in [3.8, 4) is 0 Å². The SMILES string of the molecule is COC(=O)[C@H](NC(=O)OC(C)(C)C)[C@H](NC(=O)OCc1ccccc1)c1ccccc1. The normalized spacial score (nSPS) is 12.8. The van der Waals surface area contributed by atoms with E-state index in [4.69, 9.17) is 14.2 Å². The second-order valence-corrected chi connectivity index (χ2v) is 7.74. The number of rotatable bonds is 7. The molecule has 2 atom stereocenters. The molecule has 2 rings (SSSR count). The summed E-state index contributed by atoms with van der Waals surface area (Å²) >= 11 is 0. The van der Waals surface area contributed by atoms with E-state index in [2.05, 4.69) is 10.6 Å². The predicted molar refractivity (Wildman–Crippen MR) is 114 cm³/mol. The van der Waals surface area contributed by atoms with Gasteiger partial charge in [-0.05, 0) is 31.9 Å². The third kappa shape index (κ3) is 8.00. The molecule has 0 heterocycles. The van der Waals surface area contributed by atoms with E-state index in [1.54, 1.807) is 51.1 Å². The molecule has 0 fully saturated rings. The standard InChI is InChI=1S/C23H28N2O6/c1-23(2,3)31-22(28)25-19(20(26)29-4)18(17-13-9-6-10-14-17)24-21(27)30-15-16-11-7-5-8-12-16/h5-14,18-19H,15H2,1-4H3,(H,24,27)(H,25,28)/t18-,19-/m1/s1. The van der Waals surface area contributed by atoms with Gasteiger partial charge in [0.15, 0.2) is 6.04 Å². The lowest BCUT2D eigenvalue weighted by molar-refractivity contribution is -0.144. The van der Waals surface area contributed by atoms with E-state index < -0.39 is 35.8 Å². The molecule has 0 aliphatic carbocycles. The van der Waals surface area contributed by atoms with Crippen molar-refractivity contribution in [2.24, 2.45) is 0 Å². The van der Waals surface area contributed by atoms with Gasteiger partial charge in [0.25, 0.3) is 0 Å². The number of hydrogen-bond donors (Lipinski definition) is 2. The molecule has 2 amide bonds. The van der Waals surface area contributed by atoms with Crippen LogP contribution in [0.4, 0.5) is 9.59 Å². The van der Waals surface area contributed by atoms with E-state index in [0.29, 0.717) is 5.56 Å². The van der Waals surface area contributed by atoms with Gasteiger partial charge in [0.05, 0.1) is 13.2 Å². The van der Waals surface area contributed by atoms with Crippen molar-refractivity contribution >= 4 is 18.2 Å². The molecule has 0 unspecified atom stereocenters. The summed E-state index contributed by atoms with van der Waals surface area (Å²) < 4.78 is 15.4. The third-order valence-electron chi connectivity index (χ3n) is 4.11. The molecule has 31 heavy (non-hydrogen) atoms. The number of esters is 1. The summed E-state index contributed by atoms with van der Waals surface area (Å²) in [5.74, 6) is -0.747. The minimum Gasteiger partial charge on any atom is -0.467 e. The first kappa shape index (κ1) is 23.7. The second-order valence-electron chi connectivity index (χ2n) is 7.74. The average molecular weight is 428 g/mol. The Morgan fingerprint density at radius 2 is 1.45 bits per heavy atom. The second kappa shape index (κ2) is 11.0. The number of amides is 2. The number of alkyl carbamates (subject to hydrolysis) is 2. The van der Waals surface area contributed by atoms with Crippen molar-refractivity contribution in [1.82, 2.24) is 10.6 Å². The molecule has 8 nitrogen and oxygen atoms in total. The number of methoxy groups -OCH3 is 1. The highest BCUT2D eigenvalue weighted by molar-refractivity contribution is 5.83. The van der Waals surface area contributed by atoms with E-state index in [9.17, 15) is 14.4 Å². The summed E-state index contributed by atoms with van der Waals surface area (Å²) in [6, 6.07) is 15.7. The van der Waals surface area contributed by atoms with Gasteiger partial charge in [0.1, 0.15) is 12.2 Å². The van der Waals surface area contributed by atoms with Crippen LogP contribution in [-0.4, -0.2) is 36.9 Å². The van der Waals surface area contributed by atoms with Gasteiger partial charge in [-0.2, -0.15) is 0 Å². The van der Waals surface area contributed by atoms with Crippen LogP contribution < -0.4 is 10.6 Å². The van der Waals surface area contributed by atoms with E-state index >= 15 is 0 Å². The number of hydrogen-bond acceptors (Lipinski definition) is 6. The molecule has 0 aromatic heterocycles. The molecular formula is C23H28N2O6. The Balaban J connectivity index is 2.21. The van der Waals surface area contributed by atoms with Crippen molar-refractivity contribution in [1.29, 1.82) is 0 Å². The molecule has 0 saturated heterocycles. The molecule has 0 aliphatic heterocycles. The zero-order chi connectivity index (χ0) is 22.9. The van der Waals surface area contributed by atoms with Crippen molar-refractivity contribution < 1.29 is 28.6 Å². The van der Waals surface area contributed by atoms with E-state index in [-0.39, 0.29) is 6.61 Å². The molecule has 2 N–H and O–H groups in total. The summed E-state index contributed by atoms with van der Waals surface area (Å²) in [4.78, 5) is 37.3. The molecule has 0 saturated carbocycles. The number of nitrogens with one attached hydrogen (secondary N) is 2. The quantitative estimate of drug-likeness (QED) is 0.515. The van der Waals surface area contributed by atoms with Gasteiger partial charge in [-0.25, -0.2) is 14.4 Å². The van der Waals surface area contributed by atoms with Crippen molar-refractivity contribution in [3.63, 3.8) is 0 Å². The Morgan fingerprint density at radius 3 is 2.00 bits per heavy atom. The summed E-state index contributed by atoms with van der Waals surface area (Å²) in [6.45, 7) is 5.16. The van der Waals surface area contributed by atoms with Gasteiger partial charge in [-0.15, -0.1) is 0 Å². The maximum absolute atomic E-state index is 12.5. The fraction of sp³-hybridized carbons (Fsp3) is 0.348. The number of carbonyl (C=O) groups is 3. The molecule has 166 valence electrons. The highest BCUT2D eigenvalue weighted by Crippen LogP contribution is 2.19. The first-order valence-corrected chi connectivity index (χ1v) is 9.79. The molecule has 8 heteroatoms. The highest BCUT2D eigenvalue weighted by Gasteiger charge is 2.35. The van der Waals surface area contributed by atoms with Crippen LogP contribution in [0.25, 0.3) is 0 Å². The fourth-order valence-corrected chi connectivity index (χ4v) is 2.75. The van der Waals surface area contributed by atoms with Crippen LogP contribution in [-0.2, 0) is 25.6 Å². The van der Waals surface area contributed by atoms with Crippen LogP contribution in [0, 0.1) is 0 Å². The lowest BCUT2D eigenvalue weighted by Gasteiger charge is -2.28. The minimum absolute atomic E-state index is 0.0522. The average Bonchev–Trinajstić information content (AvgIpc) is 2.74. The van der Waals surface area contributed by atoms with E-state index in [0.717, 1.165) is 5.56 Å². The first-order chi connectivity index (χ1) is 14.7. The van der Waals surface area contributed by atoms with E-state index in [1.807, 2.05) is 30.3 Å². The largest absolute Gasteiger partial charge is 0.467 e. The van der Waals surface area contributed by atoms with Crippen LogP contribution in [0.15, 0.2) is 60.7 Å². The number of benzene rings is 2. The first-order valence-electron chi connectivity index (χ1n) is 9.79. The van der Waals surface area contributed by atoms with Crippen LogP contribution in [0.3, 0.4) is 0 Å². The minimum atomic E-state index is -1.24. The summed E-state index contributed by atoms with van der Waals surface area (Å²) in [5, 5.41) is 5.15. The van der Waals surface area contributed by atoms with Crippen LogP contribution in [0.1, 0.15) is 37.9 Å². The van der Waals surface area contributed by atoms with Crippen LogP contribution in [0.2, 0.25) is 0 Å². The maximum atomic E-state index is 12.5. The van der Waals surface area contributed by atoms with Gasteiger partial charge in [-0.1, -0.05) is 60.7 Å². The van der Waals surface area contributed by atoms with Gasteiger partial charge in [0, 0.05) is 0 Å². The van der Waals surface area contributed by atoms with Gasteiger partial charge in [0.2, 0.25) is 0 Å². The molecule has 0 radical (unpaired) electrons. The molecular weight excluding hydrogens is 400 g/mol. The topological polar surface area (TPSA) is 103 Å². The van der Waals surface area contributed by atoms with Crippen LogP contribution >= 0.6 is 0 Å². The van der Waals surface area contributed by atoms with E-state index in [1.165, 1.54) is 7.11 Å². The third-order valence-corrected chi connectivity index (χ3v) is 4.11. The molecule has 0 bridgehead atoms. The Hall–Kier alpha value is -3.55. The van der Waals surface area contributed by atoms with Crippen molar-refractivity contribution in [2.75, 3.05) is 7.11 Å². The van der Waals surface area contributed by atoms with Gasteiger partial charge in [-0.3, -0.25) is 0 Å². The zero-order valence-electron chi connectivity index (χ0n) is 18.1. The maximum Gasteiger partial charge on any atom is 0.408 e. The number of carbonyl (C=O) groups excluding carboxylic acids is 3. The van der Waals surface area contributed by atoms with Crippen LogP contribution in [0.5, 0.6) is 0 Å². The monoisotopic (exact) mass is 428 g/mol. The Bertz CT molecular complexity index is 865. The van der Waals surface area contributed by atoms with Crippen molar-refractivity contribution in [3.05, 3.63) is 71.8 Å². The molecule has 2 aromatic rings. The molecule has 0 spiro atoms. The summed E-state index contributed by atoms with van der Waals surface area (Å²) in [5.41, 5.74) is 0.616. The Kier molecular flexibility index (Phi) is 8.43. The molecule has 2 aromatic carbocycles. The lowest BCUT2D eigenvalue weighted by atomic mass is 9.99.